The summed E-state index contributed by atoms with van der Waals surface area (Å²) in [6, 6.07) is 9.71. The maximum absolute atomic E-state index is 13.2. The maximum atomic E-state index is 13.2. The Labute approximate surface area is 148 Å². The lowest BCUT2D eigenvalue weighted by Gasteiger charge is -2.52. The van der Waals surface area contributed by atoms with E-state index in [9.17, 15) is 4.79 Å². The molecule has 1 amide bonds. The first-order chi connectivity index (χ1) is 12.2. The second-order valence-corrected chi connectivity index (χ2v) is 7.33. The Morgan fingerprint density at radius 1 is 1.08 bits per heavy atom. The minimum absolute atomic E-state index is 0.0252. The van der Waals surface area contributed by atoms with Crippen LogP contribution in [-0.4, -0.2) is 62.9 Å². The number of likely N-dealkylation sites (N-methyl/N-ethyl adjacent to an activating group) is 1. The van der Waals surface area contributed by atoms with Gasteiger partial charge in [0, 0.05) is 19.6 Å². The van der Waals surface area contributed by atoms with E-state index in [-0.39, 0.29) is 11.4 Å². The number of para-hydroxylation sites is 1. The predicted octanol–water partition coefficient (Wildman–Crippen LogP) is 2.36. The van der Waals surface area contributed by atoms with Crippen LogP contribution in [0.1, 0.15) is 42.6 Å². The van der Waals surface area contributed by atoms with E-state index in [0.29, 0.717) is 5.69 Å². The van der Waals surface area contributed by atoms with Gasteiger partial charge in [0.2, 0.25) is 0 Å². The Balaban J connectivity index is 1.60. The van der Waals surface area contributed by atoms with Gasteiger partial charge in [0.25, 0.3) is 5.91 Å². The van der Waals surface area contributed by atoms with Gasteiger partial charge in [-0.05, 0) is 32.0 Å². The van der Waals surface area contributed by atoms with Crippen LogP contribution in [0.25, 0.3) is 5.69 Å². The van der Waals surface area contributed by atoms with Crippen molar-refractivity contribution in [2.45, 2.75) is 37.6 Å². The summed E-state index contributed by atoms with van der Waals surface area (Å²) < 4.78 is 0. The van der Waals surface area contributed by atoms with Crippen molar-refractivity contribution in [2.75, 3.05) is 26.7 Å². The summed E-state index contributed by atoms with van der Waals surface area (Å²) in [5, 5.41) is 8.75. The summed E-state index contributed by atoms with van der Waals surface area (Å²) in [7, 11) is 2.16. The molecule has 6 nitrogen and oxygen atoms in total. The fourth-order valence-corrected chi connectivity index (χ4v) is 4.31. The summed E-state index contributed by atoms with van der Waals surface area (Å²) >= 11 is 0. The number of rotatable bonds is 2. The molecule has 2 aliphatic rings. The molecule has 2 heterocycles. The summed E-state index contributed by atoms with van der Waals surface area (Å²) in [5.41, 5.74) is 1.28. The Kier molecular flexibility index (Phi) is 4.29. The topological polar surface area (TPSA) is 54.3 Å². The van der Waals surface area contributed by atoms with Crippen LogP contribution in [0.3, 0.4) is 0 Å². The van der Waals surface area contributed by atoms with Crippen molar-refractivity contribution in [1.82, 2.24) is 24.8 Å². The van der Waals surface area contributed by atoms with E-state index >= 15 is 0 Å². The molecular weight excluding hydrogens is 314 g/mol. The molecule has 1 spiro atoms. The molecule has 0 N–H and O–H groups in total. The highest BCUT2D eigenvalue weighted by atomic mass is 16.2. The highest BCUT2D eigenvalue weighted by Gasteiger charge is 2.44. The zero-order valence-electron chi connectivity index (χ0n) is 14.8. The van der Waals surface area contributed by atoms with Crippen LogP contribution in [-0.2, 0) is 0 Å². The fraction of sp³-hybridized carbons (Fsp3) is 0.526. The number of carbonyl (C=O) groups excluding carboxylic acids is 1. The number of aromatic nitrogens is 3. The minimum Gasteiger partial charge on any atom is -0.329 e. The van der Waals surface area contributed by atoms with Crippen molar-refractivity contribution in [1.29, 1.82) is 0 Å². The average molecular weight is 339 g/mol. The van der Waals surface area contributed by atoms with Gasteiger partial charge in [0.05, 0.1) is 17.4 Å². The summed E-state index contributed by atoms with van der Waals surface area (Å²) in [4.78, 5) is 19.2. The largest absolute Gasteiger partial charge is 0.329 e. The zero-order chi connectivity index (χ0) is 17.3. The Morgan fingerprint density at radius 2 is 1.84 bits per heavy atom. The van der Waals surface area contributed by atoms with E-state index < -0.39 is 0 Å². The van der Waals surface area contributed by atoms with Crippen molar-refractivity contribution in [3.63, 3.8) is 0 Å². The molecule has 2 aromatic rings. The number of hydrogen-bond acceptors (Lipinski definition) is 4. The third-order valence-corrected chi connectivity index (χ3v) is 5.57. The van der Waals surface area contributed by atoms with Gasteiger partial charge in [-0.25, -0.2) is 0 Å². The second-order valence-electron chi connectivity index (χ2n) is 7.33. The second kappa shape index (κ2) is 6.59. The summed E-state index contributed by atoms with van der Waals surface area (Å²) in [6.07, 6.45) is 7.47. The fourth-order valence-electron chi connectivity index (χ4n) is 4.31. The standard InChI is InChI=1S/C19H25N5O/c1-22-12-13-23(19(15-22)10-6-3-7-11-19)18(25)17-14-20-24(21-17)16-8-4-2-5-9-16/h2,4-5,8-9,14H,3,6-7,10-13,15H2,1H3. The molecule has 1 aromatic heterocycles. The Bertz CT molecular complexity index is 735. The van der Waals surface area contributed by atoms with Crippen molar-refractivity contribution in [3.05, 3.63) is 42.2 Å². The van der Waals surface area contributed by atoms with E-state index in [1.165, 1.54) is 24.1 Å². The minimum atomic E-state index is -0.0289. The van der Waals surface area contributed by atoms with Gasteiger partial charge < -0.3 is 9.80 Å². The lowest BCUT2D eigenvalue weighted by Crippen LogP contribution is -2.63. The highest BCUT2D eigenvalue weighted by molar-refractivity contribution is 5.92. The molecule has 1 saturated heterocycles. The zero-order valence-corrected chi connectivity index (χ0v) is 14.8. The third-order valence-electron chi connectivity index (χ3n) is 5.57. The first-order valence-electron chi connectivity index (χ1n) is 9.16. The van der Waals surface area contributed by atoms with Gasteiger partial charge in [0.1, 0.15) is 0 Å². The normalized spacial score (nSPS) is 20.8. The van der Waals surface area contributed by atoms with Crippen molar-refractivity contribution < 1.29 is 4.79 Å². The van der Waals surface area contributed by atoms with Crippen LogP contribution in [0.2, 0.25) is 0 Å². The lowest BCUT2D eigenvalue weighted by molar-refractivity contribution is -0.00819. The molecule has 1 saturated carbocycles. The predicted molar refractivity (Wildman–Crippen MR) is 95.7 cm³/mol. The first-order valence-corrected chi connectivity index (χ1v) is 9.16. The van der Waals surface area contributed by atoms with Crippen molar-refractivity contribution >= 4 is 5.91 Å². The average Bonchev–Trinajstić information content (AvgIpc) is 3.13. The van der Waals surface area contributed by atoms with E-state index in [4.69, 9.17) is 0 Å². The monoisotopic (exact) mass is 339 g/mol. The number of nitrogens with zero attached hydrogens (tertiary/aromatic N) is 5. The van der Waals surface area contributed by atoms with Gasteiger partial charge >= 0.3 is 0 Å². The van der Waals surface area contributed by atoms with Gasteiger partial charge in [-0.2, -0.15) is 9.90 Å². The van der Waals surface area contributed by atoms with Crippen molar-refractivity contribution in [2.24, 2.45) is 0 Å². The summed E-state index contributed by atoms with van der Waals surface area (Å²) in [5.74, 6) is 0.0252. The smallest absolute Gasteiger partial charge is 0.276 e. The number of benzene rings is 1. The molecule has 0 radical (unpaired) electrons. The molecule has 4 rings (SSSR count). The van der Waals surface area contributed by atoms with E-state index in [1.54, 1.807) is 6.20 Å². The molecule has 0 bridgehead atoms. The first kappa shape index (κ1) is 16.3. The van der Waals surface area contributed by atoms with E-state index in [0.717, 1.165) is 38.2 Å². The Hall–Kier alpha value is -2.21. The Morgan fingerprint density at radius 3 is 2.60 bits per heavy atom. The summed E-state index contributed by atoms with van der Waals surface area (Å²) in [6.45, 7) is 2.65. The van der Waals surface area contributed by atoms with E-state index in [1.807, 2.05) is 30.3 Å². The lowest BCUT2D eigenvalue weighted by atomic mass is 9.78. The molecular formula is C19H25N5O. The van der Waals surface area contributed by atoms with Crippen LogP contribution in [0.4, 0.5) is 0 Å². The number of carbonyl (C=O) groups is 1. The molecule has 0 unspecified atom stereocenters. The molecule has 2 fully saturated rings. The van der Waals surface area contributed by atoms with Gasteiger partial charge in [-0.1, -0.05) is 37.5 Å². The number of piperazine rings is 1. The number of hydrogen-bond donors (Lipinski definition) is 0. The molecule has 1 aliphatic heterocycles. The van der Waals surface area contributed by atoms with Gasteiger partial charge in [-0.3, -0.25) is 4.79 Å². The quantitative estimate of drug-likeness (QED) is 0.843. The van der Waals surface area contributed by atoms with Gasteiger partial charge in [-0.15, -0.1) is 5.10 Å². The molecule has 1 aromatic carbocycles. The van der Waals surface area contributed by atoms with Crippen LogP contribution < -0.4 is 0 Å². The van der Waals surface area contributed by atoms with Crippen molar-refractivity contribution in [3.8, 4) is 5.69 Å². The van der Waals surface area contributed by atoms with Crippen LogP contribution in [0, 0.1) is 0 Å². The maximum Gasteiger partial charge on any atom is 0.276 e. The molecule has 1 aliphatic carbocycles. The molecule has 0 atom stereocenters. The van der Waals surface area contributed by atoms with Crippen LogP contribution in [0.15, 0.2) is 36.5 Å². The van der Waals surface area contributed by atoms with E-state index in [2.05, 4.69) is 27.0 Å². The van der Waals surface area contributed by atoms with Gasteiger partial charge in [0.15, 0.2) is 5.69 Å². The third kappa shape index (κ3) is 3.06. The molecule has 6 heteroatoms. The molecule has 132 valence electrons. The highest BCUT2D eigenvalue weighted by Crippen LogP contribution is 2.37. The van der Waals surface area contributed by atoms with Crippen LogP contribution in [0.5, 0.6) is 0 Å². The van der Waals surface area contributed by atoms with Crippen LogP contribution >= 0.6 is 0 Å². The molecule has 25 heavy (non-hydrogen) atoms. The SMILES string of the molecule is CN1CCN(C(=O)c2cnn(-c3ccccc3)n2)C2(CCCCC2)C1. The number of amides is 1.